The molecule has 1 fully saturated rings. The lowest BCUT2D eigenvalue weighted by Gasteiger charge is -2.31. The van der Waals surface area contributed by atoms with Crippen molar-refractivity contribution in [3.8, 4) is 0 Å². The Bertz CT molecular complexity index is 792. The molecular weight excluding hydrogens is 375 g/mol. The number of rotatable bonds is 5. The summed E-state index contributed by atoms with van der Waals surface area (Å²) >= 11 is 7.00. The first-order valence-electron chi connectivity index (χ1n) is 8.46. The van der Waals surface area contributed by atoms with E-state index in [0.717, 1.165) is 30.4 Å². The molecule has 26 heavy (non-hydrogen) atoms. The lowest BCUT2D eigenvalue weighted by atomic mass is 10.0. The molecule has 5 nitrogen and oxygen atoms in total. The summed E-state index contributed by atoms with van der Waals surface area (Å²) in [5.41, 5.74) is 0.116. The van der Waals surface area contributed by atoms with Crippen molar-refractivity contribution in [3.05, 3.63) is 41.4 Å². The summed E-state index contributed by atoms with van der Waals surface area (Å²) in [6, 6.07) is 6.05. The fraction of sp³-hybridized carbons (Fsp3) is 0.389. The highest BCUT2D eigenvalue weighted by molar-refractivity contribution is 7.99. The third kappa shape index (κ3) is 5.08. The van der Waals surface area contributed by atoms with Crippen LogP contribution < -0.4 is 10.2 Å². The molecule has 0 saturated carbocycles. The smallest absolute Gasteiger partial charge is 0.234 e. The van der Waals surface area contributed by atoms with Gasteiger partial charge in [0.15, 0.2) is 0 Å². The molecule has 1 aromatic carbocycles. The van der Waals surface area contributed by atoms with Crippen LogP contribution in [-0.4, -0.2) is 34.7 Å². The van der Waals surface area contributed by atoms with Crippen LogP contribution in [0, 0.1) is 11.7 Å². The summed E-state index contributed by atoms with van der Waals surface area (Å²) in [6.07, 6.45) is 3.92. The molecule has 1 amide bonds. The Morgan fingerprint density at radius 2 is 2.27 bits per heavy atom. The van der Waals surface area contributed by atoms with E-state index in [1.807, 2.05) is 6.07 Å². The van der Waals surface area contributed by atoms with Crippen LogP contribution in [0.1, 0.15) is 19.8 Å². The first kappa shape index (κ1) is 18.9. The number of anilines is 2. The molecule has 0 unspecified atom stereocenters. The van der Waals surface area contributed by atoms with Gasteiger partial charge in [0.05, 0.1) is 11.4 Å². The normalized spacial score (nSPS) is 17.2. The number of aromatic nitrogens is 2. The summed E-state index contributed by atoms with van der Waals surface area (Å²) in [5.74, 6) is 0.810. The maximum Gasteiger partial charge on any atom is 0.234 e. The van der Waals surface area contributed by atoms with Crippen LogP contribution in [0.4, 0.5) is 15.9 Å². The highest BCUT2D eigenvalue weighted by atomic mass is 35.5. The van der Waals surface area contributed by atoms with Gasteiger partial charge < -0.3 is 10.2 Å². The van der Waals surface area contributed by atoms with E-state index in [0.29, 0.717) is 5.92 Å². The van der Waals surface area contributed by atoms with Gasteiger partial charge in [-0.3, -0.25) is 4.79 Å². The predicted molar refractivity (Wildman–Crippen MR) is 103 cm³/mol. The summed E-state index contributed by atoms with van der Waals surface area (Å²) in [4.78, 5) is 22.9. The molecular formula is C18H20ClFN4OS. The number of carbonyl (C=O) groups excluding carboxylic acids is 1. The zero-order chi connectivity index (χ0) is 18.5. The molecule has 138 valence electrons. The fourth-order valence-electron chi connectivity index (χ4n) is 2.90. The molecule has 0 radical (unpaired) electrons. The second-order valence-corrected chi connectivity index (χ2v) is 7.80. The van der Waals surface area contributed by atoms with Gasteiger partial charge in [-0.1, -0.05) is 30.3 Å². The number of piperidine rings is 1. The first-order valence-corrected chi connectivity index (χ1v) is 9.82. The molecule has 8 heteroatoms. The Labute approximate surface area is 161 Å². The van der Waals surface area contributed by atoms with Crippen LogP contribution >= 0.6 is 23.4 Å². The van der Waals surface area contributed by atoms with Gasteiger partial charge in [0.2, 0.25) is 5.91 Å². The minimum atomic E-state index is -0.556. The summed E-state index contributed by atoms with van der Waals surface area (Å²) < 4.78 is 13.7. The van der Waals surface area contributed by atoms with E-state index in [2.05, 4.69) is 27.1 Å². The van der Waals surface area contributed by atoms with Crippen LogP contribution in [0.5, 0.6) is 0 Å². The van der Waals surface area contributed by atoms with E-state index in [1.54, 1.807) is 0 Å². The van der Waals surface area contributed by atoms with Crippen molar-refractivity contribution in [1.29, 1.82) is 0 Å². The molecule has 0 bridgehead atoms. The number of benzene rings is 1. The molecule has 1 atom stereocenters. The molecule has 1 aliphatic rings. The Balaban J connectivity index is 1.57. The van der Waals surface area contributed by atoms with Gasteiger partial charge >= 0.3 is 0 Å². The number of hydrogen-bond donors (Lipinski definition) is 1. The van der Waals surface area contributed by atoms with Crippen LogP contribution in [0.25, 0.3) is 0 Å². The molecule has 0 aliphatic carbocycles. The largest absolute Gasteiger partial charge is 0.356 e. The molecule has 3 rings (SSSR count). The summed E-state index contributed by atoms with van der Waals surface area (Å²) in [6.45, 7) is 4.21. The van der Waals surface area contributed by atoms with E-state index >= 15 is 0 Å². The second-order valence-electron chi connectivity index (χ2n) is 6.37. The van der Waals surface area contributed by atoms with Crippen molar-refractivity contribution in [2.75, 3.05) is 29.1 Å². The third-order valence-corrected chi connectivity index (χ3v) is 5.33. The maximum absolute atomic E-state index is 13.7. The second kappa shape index (κ2) is 8.68. The van der Waals surface area contributed by atoms with Gasteiger partial charge in [-0.2, -0.15) is 0 Å². The van der Waals surface area contributed by atoms with E-state index < -0.39 is 5.82 Å². The molecule has 1 aromatic heterocycles. The number of thioether (sulfide) groups is 1. The van der Waals surface area contributed by atoms with Crippen LogP contribution in [0.3, 0.4) is 0 Å². The number of nitrogens with one attached hydrogen (secondary N) is 1. The van der Waals surface area contributed by atoms with Crippen LogP contribution in [0.2, 0.25) is 5.02 Å². The Morgan fingerprint density at radius 1 is 1.42 bits per heavy atom. The first-order chi connectivity index (χ1) is 12.5. The molecule has 1 N–H and O–H groups in total. The van der Waals surface area contributed by atoms with E-state index in [-0.39, 0.29) is 22.4 Å². The standard InChI is InChI=1S/C18H20ClFN4OS/c1-12-3-2-6-24(9-12)16-8-18(22-11-21-16)26-10-17(25)23-15-5-4-13(19)7-14(15)20/h4-5,7-8,11-12H,2-3,6,9-10H2,1H3,(H,23,25)/t12-/m1/s1. The Hall–Kier alpha value is -1.86. The maximum atomic E-state index is 13.7. The number of carbonyl (C=O) groups is 1. The van der Waals surface area contributed by atoms with Crippen LogP contribution in [0.15, 0.2) is 35.6 Å². The average Bonchev–Trinajstić information content (AvgIpc) is 2.63. The highest BCUT2D eigenvalue weighted by Gasteiger charge is 2.18. The monoisotopic (exact) mass is 394 g/mol. The van der Waals surface area contributed by atoms with Crippen LogP contribution in [-0.2, 0) is 4.79 Å². The molecule has 1 aliphatic heterocycles. The highest BCUT2D eigenvalue weighted by Crippen LogP contribution is 2.25. The van der Waals surface area contributed by atoms with Crippen molar-refractivity contribution in [2.45, 2.75) is 24.8 Å². The van der Waals surface area contributed by atoms with Gasteiger partial charge in [0, 0.05) is 24.2 Å². The molecule has 1 saturated heterocycles. The van der Waals surface area contributed by atoms with Crippen molar-refractivity contribution in [3.63, 3.8) is 0 Å². The minimum Gasteiger partial charge on any atom is -0.356 e. The van der Waals surface area contributed by atoms with Gasteiger partial charge in [0.25, 0.3) is 0 Å². The van der Waals surface area contributed by atoms with Crippen molar-refractivity contribution >= 4 is 40.8 Å². The fourth-order valence-corrected chi connectivity index (χ4v) is 3.72. The number of nitrogens with zero attached hydrogens (tertiary/aromatic N) is 3. The van der Waals surface area contributed by atoms with Gasteiger partial charge in [-0.15, -0.1) is 0 Å². The van der Waals surface area contributed by atoms with E-state index in [1.165, 1.54) is 42.7 Å². The van der Waals surface area contributed by atoms with E-state index in [9.17, 15) is 9.18 Å². The van der Waals surface area contributed by atoms with E-state index in [4.69, 9.17) is 11.6 Å². The SMILES string of the molecule is C[C@@H]1CCCN(c2cc(SCC(=O)Nc3ccc(Cl)cc3F)ncn2)C1. The van der Waals surface area contributed by atoms with Gasteiger partial charge in [-0.05, 0) is 37.0 Å². The summed E-state index contributed by atoms with van der Waals surface area (Å²) in [7, 11) is 0. The quantitative estimate of drug-likeness (QED) is 0.607. The molecule has 2 aromatic rings. The lowest BCUT2D eigenvalue weighted by molar-refractivity contribution is -0.113. The number of halogens is 2. The van der Waals surface area contributed by atoms with Crippen molar-refractivity contribution in [1.82, 2.24) is 9.97 Å². The lowest BCUT2D eigenvalue weighted by Crippen LogP contribution is -2.34. The Morgan fingerprint density at radius 3 is 3.04 bits per heavy atom. The Kier molecular flexibility index (Phi) is 6.32. The average molecular weight is 395 g/mol. The third-order valence-electron chi connectivity index (χ3n) is 4.16. The number of amides is 1. The zero-order valence-electron chi connectivity index (χ0n) is 14.4. The molecule has 0 spiro atoms. The number of hydrogen-bond acceptors (Lipinski definition) is 5. The van der Waals surface area contributed by atoms with Crippen molar-refractivity contribution < 1.29 is 9.18 Å². The van der Waals surface area contributed by atoms with Crippen molar-refractivity contribution in [2.24, 2.45) is 5.92 Å². The molecule has 2 heterocycles. The minimum absolute atomic E-state index is 0.116. The summed E-state index contributed by atoms with van der Waals surface area (Å²) in [5, 5.41) is 3.55. The predicted octanol–water partition coefficient (Wildman–Crippen LogP) is 4.24. The zero-order valence-corrected chi connectivity index (χ0v) is 16.0. The van der Waals surface area contributed by atoms with Gasteiger partial charge in [-0.25, -0.2) is 14.4 Å². The van der Waals surface area contributed by atoms with Gasteiger partial charge in [0.1, 0.15) is 23.0 Å². The topological polar surface area (TPSA) is 58.1 Å².